The molecule has 29 heavy (non-hydrogen) atoms. The van der Waals surface area contributed by atoms with Crippen LogP contribution in [0.1, 0.15) is 42.2 Å². The second-order valence-electron chi connectivity index (χ2n) is 7.09. The number of rotatable bonds is 4. The number of hydrogen-bond acceptors (Lipinski definition) is 3. The van der Waals surface area contributed by atoms with Gasteiger partial charge in [0.05, 0.1) is 17.2 Å². The number of aliphatic hydroxyl groups excluding tert-OH is 1. The fourth-order valence-electron chi connectivity index (χ4n) is 3.87. The highest BCUT2D eigenvalue weighted by molar-refractivity contribution is 5.86. The Morgan fingerprint density at radius 1 is 1.17 bits per heavy atom. The molecule has 0 amide bonds. The van der Waals surface area contributed by atoms with Crippen molar-refractivity contribution in [3.8, 4) is 0 Å². The monoisotopic (exact) mass is 418 g/mol. The predicted octanol–water partition coefficient (Wildman–Crippen LogP) is 5.35. The fourth-order valence-corrected chi connectivity index (χ4v) is 3.87. The minimum absolute atomic E-state index is 0.135. The quantitative estimate of drug-likeness (QED) is 0.538. The highest BCUT2D eigenvalue weighted by Gasteiger charge is 2.39. The number of para-hydroxylation sites is 1. The van der Waals surface area contributed by atoms with E-state index in [2.05, 4.69) is 11.6 Å². The zero-order chi connectivity index (χ0) is 21.4. The van der Waals surface area contributed by atoms with Crippen molar-refractivity contribution in [2.24, 2.45) is 0 Å². The number of nitrogens with zero attached hydrogens (tertiary/aromatic N) is 2. The molecule has 3 nitrogen and oxygen atoms in total. The van der Waals surface area contributed by atoms with Gasteiger partial charge in [-0.15, -0.1) is 6.58 Å². The maximum absolute atomic E-state index is 13.4. The number of aliphatic hydroxyl groups is 1. The molecule has 1 aliphatic rings. The van der Waals surface area contributed by atoms with Crippen molar-refractivity contribution in [3.63, 3.8) is 0 Å². The molecule has 3 rings (SSSR count). The molecule has 1 aromatic carbocycles. The van der Waals surface area contributed by atoms with Crippen molar-refractivity contribution < 1.29 is 31.4 Å². The third-order valence-electron chi connectivity index (χ3n) is 5.18. The summed E-state index contributed by atoms with van der Waals surface area (Å²) in [6, 6.07) is 3.20. The lowest BCUT2D eigenvalue weighted by molar-refractivity contribution is -0.142. The van der Waals surface area contributed by atoms with E-state index >= 15 is 0 Å². The van der Waals surface area contributed by atoms with Gasteiger partial charge in [-0.1, -0.05) is 24.6 Å². The van der Waals surface area contributed by atoms with Crippen LogP contribution in [0.15, 0.2) is 36.9 Å². The van der Waals surface area contributed by atoms with E-state index < -0.39 is 41.3 Å². The van der Waals surface area contributed by atoms with E-state index in [9.17, 15) is 31.4 Å². The number of halogens is 6. The van der Waals surface area contributed by atoms with Crippen LogP contribution in [-0.2, 0) is 12.4 Å². The Bertz CT molecular complexity index is 893. The van der Waals surface area contributed by atoms with Crippen molar-refractivity contribution in [2.45, 2.75) is 43.8 Å². The van der Waals surface area contributed by atoms with Crippen molar-refractivity contribution in [2.75, 3.05) is 13.1 Å². The molecule has 0 saturated carbocycles. The first kappa shape index (κ1) is 21.6. The van der Waals surface area contributed by atoms with E-state index in [1.807, 2.05) is 4.90 Å². The van der Waals surface area contributed by atoms with Crippen molar-refractivity contribution in [3.05, 3.63) is 53.7 Å². The summed E-state index contributed by atoms with van der Waals surface area (Å²) in [6.45, 7) is 4.69. The highest BCUT2D eigenvalue weighted by atomic mass is 19.4. The average Bonchev–Trinajstić information content (AvgIpc) is 2.65. The fraction of sp³-hybridized carbons (Fsp3) is 0.450. The number of fused-ring (bicyclic) bond motifs is 1. The molecule has 1 fully saturated rings. The third kappa shape index (κ3) is 4.40. The SMILES string of the molecule is C=CCN1CCCC[C@H]1[C@@H](O)c1cc(C(F)(F)F)nc2c(C(F)(F)F)cccc12. The molecule has 158 valence electrons. The summed E-state index contributed by atoms with van der Waals surface area (Å²) >= 11 is 0. The Hall–Kier alpha value is -2.13. The lowest BCUT2D eigenvalue weighted by atomic mass is 9.90. The third-order valence-corrected chi connectivity index (χ3v) is 5.18. The number of aromatic nitrogens is 1. The van der Waals surface area contributed by atoms with E-state index in [1.165, 1.54) is 6.07 Å². The van der Waals surface area contributed by atoms with Crippen LogP contribution >= 0.6 is 0 Å². The lowest BCUT2D eigenvalue weighted by Crippen LogP contribution is -2.43. The molecule has 2 atom stereocenters. The standard InChI is InChI=1S/C20H20F6N2O/c1-2-9-28-10-4-3-8-15(28)18(29)13-11-16(20(24,25)26)27-17-12(13)6-5-7-14(17)19(21,22)23/h2,5-7,11,15,18,29H,1,3-4,8-10H2/t15-,18-/m0/s1. The van der Waals surface area contributed by atoms with Gasteiger partial charge in [-0.2, -0.15) is 26.3 Å². The van der Waals surface area contributed by atoms with Crippen LogP contribution in [0.25, 0.3) is 10.9 Å². The summed E-state index contributed by atoms with van der Waals surface area (Å²) < 4.78 is 80.3. The van der Waals surface area contributed by atoms with Crippen LogP contribution in [0.5, 0.6) is 0 Å². The molecule has 1 aliphatic heterocycles. The molecule has 0 unspecified atom stereocenters. The molecule has 1 saturated heterocycles. The number of piperidine rings is 1. The molecule has 0 aliphatic carbocycles. The number of hydrogen-bond donors (Lipinski definition) is 1. The van der Waals surface area contributed by atoms with Crippen LogP contribution < -0.4 is 0 Å². The molecule has 0 radical (unpaired) electrons. The molecule has 1 N–H and O–H groups in total. The highest BCUT2D eigenvalue weighted by Crippen LogP contribution is 2.40. The van der Waals surface area contributed by atoms with Crippen LogP contribution in [0.2, 0.25) is 0 Å². The minimum Gasteiger partial charge on any atom is -0.387 e. The molecule has 9 heteroatoms. The summed E-state index contributed by atoms with van der Waals surface area (Å²) in [5.41, 5.74) is -3.73. The summed E-state index contributed by atoms with van der Waals surface area (Å²) in [5, 5.41) is 10.8. The predicted molar refractivity (Wildman–Crippen MR) is 96.1 cm³/mol. The molecule has 2 heterocycles. The van der Waals surface area contributed by atoms with Gasteiger partial charge in [-0.3, -0.25) is 4.90 Å². The molecular weight excluding hydrogens is 398 g/mol. The molecular formula is C20H20F6N2O. The normalized spacial score (nSPS) is 20.0. The van der Waals surface area contributed by atoms with Gasteiger partial charge >= 0.3 is 12.4 Å². The number of likely N-dealkylation sites (tertiary alicyclic amines) is 1. The van der Waals surface area contributed by atoms with Gasteiger partial charge in [-0.05, 0) is 37.1 Å². The second-order valence-corrected chi connectivity index (χ2v) is 7.09. The summed E-state index contributed by atoms with van der Waals surface area (Å²) in [5.74, 6) is 0. The Morgan fingerprint density at radius 2 is 1.90 bits per heavy atom. The maximum Gasteiger partial charge on any atom is 0.433 e. The Labute approximate surface area is 163 Å². The molecule has 0 spiro atoms. The first-order valence-corrected chi connectivity index (χ1v) is 9.15. The number of benzene rings is 1. The zero-order valence-corrected chi connectivity index (χ0v) is 15.4. The minimum atomic E-state index is -4.95. The first-order valence-electron chi connectivity index (χ1n) is 9.15. The average molecular weight is 418 g/mol. The largest absolute Gasteiger partial charge is 0.433 e. The lowest BCUT2D eigenvalue weighted by Gasteiger charge is -2.38. The van der Waals surface area contributed by atoms with Gasteiger partial charge < -0.3 is 5.11 Å². The van der Waals surface area contributed by atoms with Gasteiger partial charge in [0.15, 0.2) is 0 Å². The molecule has 2 aromatic rings. The van der Waals surface area contributed by atoms with E-state index in [1.54, 1.807) is 6.08 Å². The van der Waals surface area contributed by atoms with Crippen molar-refractivity contribution in [1.82, 2.24) is 9.88 Å². The number of pyridine rings is 1. The maximum atomic E-state index is 13.4. The van der Waals surface area contributed by atoms with E-state index in [0.29, 0.717) is 31.6 Å². The van der Waals surface area contributed by atoms with Gasteiger partial charge in [0.25, 0.3) is 0 Å². The topological polar surface area (TPSA) is 36.4 Å². The Morgan fingerprint density at radius 3 is 2.52 bits per heavy atom. The van der Waals surface area contributed by atoms with Gasteiger partial charge in [0.1, 0.15) is 5.69 Å². The van der Waals surface area contributed by atoms with Gasteiger partial charge in [-0.25, -0.2) is 4.98 Å². The van der Waals surface area contributed by atoms with Crippen LogP contribution in [0, 0.1) is 0 Å². The summed E-state index contributed by atoms with van der Waals surface area (Å²) in [6.07, 6.45) is -7.46. The van der Waals surface area contributed by atoms with Crippen molar-refractivity contribution in [1.29, 1.82) is 0 Å². The Balaban J connectivity index is 2.21. The van der Waals surface area contributed by atoms with Gasteiger partial charge in [0, 0.05) is 18.0 Å². The summed E-state index contributed by atoms with van der Waals surface area (Å²) in [4.78, 5) is 5.15. The van der Waals surface area contributed by atoms with E-state index in [-0.39, 0.29) is 10.9 Å². The van der Waals surface area contributed by atoms with Crippen LogP contribution in [0.4, 0.5) is 26.3 Å². The second kappa shape index (κ2) is 7.95. The Kier molecular flexibility index (Phi) is 5.91. The van der Waals surface area contributed by atoms with E-state index in [4.69, 9.17) is 0 Å². The zero-order valence-electron chi connectivity index (χ0n) is 15.4. The smallest absolute Gasteiger partial charge is 0.387 e. The first-order chi connectivity index (χ1) is 13.5. The molecule has 0 bridgehead atoms. The van der Waals surface area contributed by atoms with Gasteiger partial charge in [0.2, 0.25) is 0 Å². The van der Waals surface area contributed by atoms with Crippen LogP contribution in [0.3, 0.4) is 0 Å². The summed E-state index contributed by atoms with van der Waals surface area (Å²) in [7, 11) is 0. The number of alkyl halides is 6. The van der Waals surface area contributed by atoms with Crippen molar-refractivity contribution >= 4 is 10.9 Å². The molecule has 1 aromatic heterocycles. The van der Waals surface area contributed by atoms with E-state index in [0.717, 1.165) is 18.9 Å². The van der Waals surface area contributed by atoms with Crippen LogP contribution in [-0.4, -0.2) is 34.1 Å².